The second-order valence-electron chi connectivity index (χ2n) is 1.85. The van der Waals surface area contributed by atoms with Crippen molar-refractivity contribution in [1.29, 1.82) is 0 Å². The Hall–Kier alpha value is -0.862. The first-order valence-electron chi connectivity index (χ1n) is 2.84. The molecule has 1 aromatic carbocycles. The topological polar surface area (TPSA) is 66.7 Å². The monoisotopic (exact) mass is 214 g/mol. The third kappa shape index (κ3) is 1.79. The first-order valence-corrected chi connectivity index (χ1v) is 5.38. The van der Waals surface area contributed by atoms with Crippen molar-refractivity contribution in [3.63, 3.8) is 0 Å². The van der Waals surface area contributed by atoms with Crippen LogP contribution >= 0.6 is 0 Å². The van der Waals surface area contributed by atoms with Gasteiger partial charge in [-0.3, -0.25) is 0 Å². The summed E-state index contributed by atoms with van der Waals surface area (Å²) in [6, 6.07) is 6.04. The summed E-state index contributed by atoms with van der Waals surface area (Å²) in [5, 5.41) is 2.62. The Morgan fingerprint density at radius 2 is 2.00 bits per heavy atom. The summed E-state index contributed by atoms with van der Waals surface area (Å²) in [5.74, 6) is 0. The van der Waals surface area contributed by atoms with Gasteiger partial charge in [0.2, 0.25) is 0 Å². The Kier molecular flexibility index (Phi) is 2.63. The van der Waals surface area contributed by atoms with Crippen molar-refractivity contribution in [2.75, 3.05) is 0 Å². The van der Waals surface area contributed by atoms with Gasteiger partial charge in [-0.15, -0.1) is 0 Å². The van der Waals surface area contributed by atoms with Crippen LogP contribution in [0.15, 0.2) is 29.4 Å². The molecule has 0 bridgehead atoms. The summed E-state index contributed by atoms with van der Waals surface area (Å²) >= 11 is -3.19. The van der Waals surface area contributed by atoms with Gasteiger partial charge in [0.05, 0.1) is 0 Å². The van der Waals surface area contributed by atoms with Gasteiger partial charge >= 0.3 is 67.2 Å². The molecule has 0 fully saturated rings. The molecular formula is C6H5AsNO3. The van der Waals surface area contributed by atoms with Gasteiger partial charge in [-0.25, -0.2) is 0 Å². The molecular weight excluding hydrogens is 209 g/mol. The van der Waals surface area contributed by atoms with Crippen LogP contribution in [0.3, 0.4) is 0 Å². The van der Waals surface area contributed by atoms with Crippen molar-refractivity contribution in [1.82, 2.24) is 0 Å². The molecule has 0 amide bonds. The number of nitroso groups, excluding NO2 is 1. The summed E-state index contributed by atoms with van der Waals surface area (Å²) in [6.07, 6.45) is 0. The summed E-state index contributed by atoms with van der Waals surface area (Å²) in [5.41, 5.74) is 0.0602. The SMILES string of the molecule is O=Nc1ccccc1[As](=O)O. The van der Waals surface area contributed by atoms with Crippen LogP contribution in [0.5, 0.6) is 0 Å². The Labute approximate surface area is 67.7 Å². The normalized spacial score (nSPS) is 10.8. The third-order valence-electron chi connectivity index (χ3n) is 1.19. The van der Waals surface area contributed by atoms with Crippen molar-refractivity contribution >= 4 is 25.0 Å². The fourth-order valence-electron chi connectivity index (χ4n) is 0.703. The van der Waals surface area contributed by atoms with E-state index in [0.29, 0.717) is 0 Å². The number of benzene rings is 1. The molecule has 1 N–H and O–H groups in total. The van der Waals surface area contributed by atoms with Crippen LogP contribution in [0, 0.1) is 4.91 Å². The molecule has 0 aromatic heterocycles. The quantitative estimate of drug-likeness (QED) is 0.564. The first-order chi connectivity index (χ1) is 5.25. The van der Waals surface area contributed by atoms with Gasteiger partial charge in [0.15, 0.2) is 0 Å². The van der Waals surface area contributed by atoms with Gasteiger partial charge in [0.1, 0.15) is 0 Å². The van der Waals surface area contributed by atoms with E-state index < -0.39 is 14.9 Å². The second-order valence-corrected chi connectivity index (χ2v) is 4.01. The Morgan fingerprint density at radius 3 is 2.45 bits per heavy atom. The molecule has 0 saturated carbocycles. The first kappa shape index (κ1) is 8.24. The molecule has 1 unspecified atom stereocenters. The van der Waals surface area contributed by atoms with E-state index >= 15 is 0 Å². The van der Waals surface area contributed by atoms with E-state index in [1.165, 1.54) is 12.1 Å². The number of hydrogen-bond donors (Lipinski definition) is 1. The molecule has 5 heteroatoms. The second kappa shape index (κ2) is 3.51. The predicted octanol–water partition coefficient (Wildman–Crippen LogP) is 0.202. The van der Waals surface area contributed by atoms with Gasteiger partial charge in [-0.2, -0.15) is 0 Å². The summed E-state index contributed by atoms with van der Waals surface area (Å²) < 4.78 is 19.5. The molecule has 0 heterocycles. The molecule has 1 aromatic rings. The van der Waals surface area contributed by atoms with Crippen LogP contribution < -0.4 is 4.35 Å². The van der Waals surface area contributed by atoms with Crippen LogP contribution in [0.1, 0.15) is 0 Å². The van der Waals surface area contributed by atoms with Crippen molar-refractivity contribution in [3.05, 3.63) is 29.2 Å². The van der Waals surface area contributed by atoms with Gasteiger partial charge < -0.3 is 0 Å². The molecule has 0 aliphatic heterocycles. The van der Waals surface area contributed by atoms with Crippen LogP contribution in [0.2, 0.25) is 0 Å². The Morgan fingerprint density at radius 1 is 1.36 bits per heavy atom. The van der Waals surface area contributed by atoms with Gasteiger partial charge in [0.25, 0.3) is 0 Å². The maximum atomic E-state index is 10.6. The van der Waals surface area contributed by atoms with Crippen molar-refractivity contribution in [3.8, 4) is 0 Å². The molecule has 0 aliphatic carbocycles. The number of hydrogen-bond acceptors (Lipinski definition) is 3. The van der Waals surface area contributed by atoms with Crippen LogP contribution in [-0.2, 0) is 3.74 Å². The fourth-order valence-corrected chi connectivity index (χ4v) is 1.80. The van der Waals surface area contributed by atoms with E-state index in [1.54, 1.807) is 12.1 Å². The number of nitrogens with zero attached hydrogens (tertiary/aromatic N) is 1. The Bertz CT molecular complexity index is 300. The van der Waals surface area contributed by atoms with E-state index in [9.17, 15) is 8.65 Å². The zero-order valence-electron chi connectivity index (χ0n) is 5.47. The average molecular weight is 214 g/mol. The molecule has 4 nitrogen and oxygen atoms in total. The standard InChI is InChI=1S/C6H5AsNO3/c9-7(10)5-3-1-2-4-6(5)8-11/h1-4H,(H,9,10). The molecule has 57 valence electrons. The molecule has 0 saturated heterocycles. The summed E-state index contributed by atoms with van der Waals surface area (Å²) in [7, 11) is 0. The van der Waals surface area contributed by atoms with Gasteiger partial charge in [-0.1, -0.05) is 0 Å². The Balaban J connectivity index is 3.22. The fraction of sp³-hybridized carbons (Fsp3) is 0. The average Bonchev–Trinajstić information content (AvgIpc) is 2.04. The molecule has 1 atom stereocenters. The minimum atomic E-state index is -3.19. The maximum absolute atomic E-state index is 10.6. The van der Waals surface area contributed by atoms with E-state index in [1.807, 2.05) is 0 Å². The molecule has 11 heavy (non-hydrogen) atoms. The zero-order valence-corrected chi connectivity index (χ0v) is 7.34. The zero-order chi connectivity index (χ0) is 8.27. The number of rotatable bonds is 2. The van der Waals surface area contributed by atoms with Crippen LogP contribution in [-0.4, -0.2) is 19.0 Å². The summed E-state index contributed by atoms with van der Waals surface area (Å²) in [4.78, 5) is 10.1. The van der Waals surface area contributed by atoms with Gasteiger partial charge in [-0.05, 0) is 0 Å². The van der Waals surface area contributed by atoms with E-state index in [-0.39, 0.29) is 10.0 Å². The van der Waals surface area contributed by atoms with Crippen LogP contribution in [0.4, 0.5) is 5.69 Å². The van der Waals surface area contributed by atoms with Gasteiger partial charge in [0, 0.05) is 0 Å². The molecule has 1 radical (unpaired) electrons. The van der Waals surface area contributed by atoms with Crippen molar-refractivity contribution in [2.24, 2.45) is 5.18 Å². The van der Waals surface area contributed by atoms with Crippen LogP contribution in [0.25, 0.3) is 0 Å². The predicted molar refractivity (Wildman–Crippen MR) is 40.2 cm³/mol. The third-order valence-corrected chi connectivity index (χ3v) is 2.84. The molecule has 1 rings (SSSR count). The molecule has 0 spiro atoms. The van der Waals surface area contributed by atoms with E-state index in [2.05, 4.69) is 5.18 Å². The van der Waals surface area contributed by atoms with Crippen molar-refractivity contribution in [2.45, 2.75) is 0 Å². The minimum absolute atomic E-state index is 0.0602. The summed E-state index contributed by atoms with van der Waals surface area (Å²) in [6.45, 7) is 0. The van der Waals surface area contributed by atoms with Crippen molar-refractivity contribution < 1.29 is 7.84 Å². The molecule has 0 aliphatic rings. The van der Waals surface area contributed by atoms with E-state index in [4.69, 9.17) is 4.10 Å². The van der Waals surface area contributed by atoms with E-state index in [0.717, 1.165) is 0 Å².